The first-order valence-corrected chi connectivity index (χ1v) is 12.0. The van der Waals surface area contributed by atoms with Crippen LogP contribution in [0, 0.1) is 28.6 Å². The molecule has 0 amide bonds. The monoisotopic (exact) mass is 435 g/mol. The van der Waals surface area contributed by atoms with Crippen LogP contribution in [0.3, 0.4) is 0 Å². The van der Waals surface area contributed by atoms with Gasteiger partial charge in [-0.3, -0.25) is 9.69 Å². The minimum atomic E-state index is -1.10. The Labute approximate surface area is 184 Å². The number of aliphatic hydroxyl groups is 1. The van der Waals surface area contributed by atoms with Gasteiger partial charge < -0.3 is 24.1 Å². The van der Waals surface area contributed by atoms with E-state index >= 15 is 0 Å². The molecule has 1 aliphatic heterocycles. The number of ketones is 1. The maximum Gasteiger partial charge on any atom is 0.171 e. The van der Waals surface area contributed by atoms with E-state index < -0.39 is 22.5 Å². The van der Waals surface area contributed by atoms with Gasteiger partial charge in [-0.2, -0.15) is 0 Å². The van der Waals surface area contributed by atoms with E-state index in [0.29, 0.717) is 12.8 Å². The van der Waals surface area contributed by atoms with Crippen molar-refractivity contribution in [1.29, 1.82) is 0 Å². The molecule has 11 atom stereocenters. The van der Waals surface area contributed by atoms with E-state index in [1.807, 2.05) is 7.11 Å². The fourth-order valence-corrected chi connectivity index (χ4v) is 10.5. The van der Waals surface area contributed by atoms with Crippen molar-refractivity contribution in [2.45, 2.75) is 74.6 Å². The van der Waals surface area contributed by atoms with Gasteiger partial charge in [0.05, 0.1) is 28.8 Å². The van der Waals surface area contributed by atoms with E-state index in [0.717, 1.165) is 32.4 Å². The highest BCUT2D eigenvalue weighted by molar-refractivity contribution is 5.96. The van der Waals surface area contributed by atoms with Crippen molar-refractivity contribution in [2.75, 3.05) is 41.5 Å². The summed E-state index contributed by atoms with van der Waals surface area (Å²) < 4.78 is 24.3. The van der Waals surface area contributed by atoms with Crippen LogP contribution in [0.4, 0.5) is 0 Å². The maximum absolute atomic E-state index is 14.4. The van der Waals surface area contributed by atoms with E-state index in [-0.39, 0.29) is 47.4 Å². The highest BCUT2D eigenvalue weighted by atomic mass is 16.5. The lowest BCUT2D eigenvalue weighted by Crippen LogP contribution is -2.77. The Bertz CT molecular complexity index is 807. The molecule has 1 heterocycles. The third-order valence-electron chi connectivity index (χ3n) is 11.1. The molecule has 0 radical (unpaired) electrons. The summed E-state index contributed by atoms with van der Waals surface area (Å²) in [6.45, 7) is 3.94. The van der Waals surface area contributed by atoms with Gasteiger partial charge in [-0.25, -0.2) is 0 Å². The molecule has 6 aliphatic rings. The number of methoxy groups -OCH3 is 4. The summed E-state index contributed by atoms with van der Waals surface area (Å²) in [5, 5.41) is 12.6. The number of nitrogens with zero attached hydrogens (tertiary/aromatic N) is 1. The fourth-order valence-electron chi connectivity index (χ4n) is 10.5. The Balaban J connectivity index is 1.65. The SMILES string of the molecule is CCN1C[C@]2(OC)CC[C@H](OC)C34[C@H]1C(C[C@@H]32)[C@@]1(O)C[C@H](OC)[C@H]2C[C@@]41C(=O)[C@H]2OC. The summed E-state index contributed by atoms with van der Waals surface area (Å²) in [5.74, 6) is 0.291. The molecule has 6 fully saturated rings. The average molecular weight is 436 g/mol. The molecule has 0 aromatic rings. The lowest BCUT2D eigenvalue weighted by Gasteiger charge is -2.68. The van der Waals surface area contributed by atoms with Crippen LogP contribution in [0.5, 0.6) is 0 Å². The van der Waals surface area contributed by atoms with Crippen molar-refractivity contribution in [3.8, 4) is 0 Å². The molecule has 31 heavy (non-hydrogen) atoms. The summed E-state index contributed by atoms with van der Waals surface area (Å²) in [4.78, 5) is 16.9. The zero-order chi connectivity index (χ0) is 22.0. The third-order valence-corrected chi connectivity index (χ3v) is 11.1. The summed E-state index contributed by atoms with van der Waals surface area (Å²) in [5.41, 5.74) is -2.70. The van der Waals surface area contributed by atoms with E-state index in [1.54, 1.807) is 21.3 Å². The zero-order valence-electron chi connectivity index (χ0n) is 19.4. The Morgan fingerprint density at radius 2 is 1.90 bits per heavy atom. The Morgan fingerprint density at radius 1 is 1.13 bits per heavy atom. The lowest BCUT2D eigenvalue weighted by atomic mass is 9.41. The first kappa shape index (κ1) is 21.0. The average Bonchev–Trinajstić information content (AvgIpc) is 3.29. The molecule has 7 nitrogen and oxygen atoms in total. The van der Waals surface area contributed by atoms with E-state index in [4.69, 9.17) is 18.9 Å². The normalized spacial score (nSPS) is 59.3. The predicted octanol–water partition coefficient (Wildman–Crippen LogP) is 1.26. The van der Waals surface area contributed by atoms with Crippen LogP contribution in [0.25, 0.3) is 0 Å². The number of likely N-dealkylation sites (N-methyl/N-ethyl adjacent to an activating group) is 1. The quantitative estimate of drug-likeness (QED) is 0.697. The van der Waals surface area contributed by atoms with Crippen molar-refractivity contribution in [3.05, 3.63) is 0 Å². The van der Waals surface area contributed by atoms with Gasteiger partial charge in [0.25, 0.3) is 0 Å². The Kier molecular flexibility index (Phi) is 4.27. The number of Topliss-reactive ketones (excluding diaryl/α,β-unsaturated/α-hetero) is 1. The third kappa shape index (κ3) is 1.85. The lowest BCUT2D eigenvalue weighted by molar-refractivity contribution is -0.287. The molecule has 174 valence electrons. The fraction of sp³-hybridized carbons (Fsp3) is 0.958. The van der Waals surface area contributed by atoms with Crippen molar-refractivity contribution in [3.63, 3.8) is 0 Å². The van der Waals surface area contributed by atoms with Crippen LogP contribution in [0.15, 0.2) is 0 Å². The summed E-state index contributed by atoms with van der Waals surface area (Å²) in [6.07, 6.45) is 3.05. The molecule has 2 spiro atoms. The molecule has 2 unspecified atom stereocenters. The van der Waals surface area contributed by atoms with Crippen LogP contribution in [0.1, 0.15) is 39.0 Å². The second-order valence-corrected chi connectivity index (χ2v) is 11.1. The molecule has 5 saturated carbocycles. The number of rotatable bonds is 5. The van der Waals surface area contributed by atoms with Crippen LogP contribution < -0.4 is 0 Å². The number of carbonyl (C=O) groups excluding carboxylic acids is 1. The number of hydrogen-bond acceptors (Lipinski definition) is 7. The molecule has 5 aliphatic carbocycles. The minimum Gasteiger partial charge on any atom is -0.388 e. The van der Waals surface area contributed by atoms with Crippen LogP contribution in [-0.2, 0) is 23.7 Å². The Hall–Kier alpha value is -0.570. The molecular formula is C24H37NO6. The van der Waals surface area contributed by atoms with Gasteiger partial charge >= 0.3 is 0 Å². The van der Waals surface area contributed by atoms with Gasteiger partial charge in [0.15, 0.2) is 5.78 Å². The van der Waals surface area contributed by atoms with E-state index in [1.165, 1.54) is 0 Å². The number of fused-ring (bicyclic) bond motifs is 2. The van der Waals surface area contributed by atoms with E-state index in [2.05, 4.69) is 11.8 Å². The number of piperidine rings is 1. The van der Waals surface area contributed by atoms with Crippen molar-refractivity contribution < 1.29 is 28.8 Å². The van der Waals surface area contributed by atoms with Gasteiger partial charge in [0, 0.05) is 70.6 Å². The molecule has 0 aromatic heterocycles. The second-order valence-electron chi connectivity index (χ2n) is 11.1. The molecule has 1 saturated heterocycles. The predicted molar refractivity (Wildman–Crippen MR) is 112 cm³/mol. The first-order chi connectivity index (χ1) is 14.9. The van der Waals surface area contributed by atoms with Crippen LogP contribution in [0.2, 0.25) is 0 Å². The second kappa shape index (κ2) is 6.30. The standard InChI is InChI=1S/C24H37NO6/c1-6-25-12-21(31-5)8-7-17(29-3)24-16(21)9-14(19(24)25)23(27)11-15(28-2)13-10-22(23,24)20(26)18(13)30-4/h13-19,27H,6-12H2,1-5H3/t13-,14?,15+,16-,17+,18+,19-,21-,22+,23+,24?/m1/s1. The van der Waals surface area contributed by atoms with Crippen molar-refractivity contribution in [2.24, 2.45) is 28.6 Å². The van der Waals surface area contributed by atoms with Gasteiger partial charge in [0.2, 0.25) is 0 Å². The number of ether oxygens (including phenoxy) is 4. The minimum absolute atomic E-state index is 0.0170. The van der Waals surface area contributed by atoms with Crippen molar-refractivity contribution in [1.82, 2.24) is 4.90 Å². The largest absolute Gasteiger partial charge is 0.388 e. The number of carbonyl (C=O) groups is 1. The summed E-state index contributed by atoms with van der Waals surface area (Å²) >= 11 is 0. The molecule has 7 bridgehead atoms. The summed E-state index contributed by atoms with van der Waals surface area (Å²) in [7, 11) is 6.96. The molecule has 1 N–H and O–H groups in total. The highest BCUT2D eigenvalue weighted by Crippen LogP contribution is 2.84. The molecular weight excluding hydrogens is 398 g/mol. The smallest absolute Gasteiger partial charge is 0.171 e. The molecule has 6 rings (SSSR count). The number of hydrogen-bond donors (Lipinski definition) is 1. The topological polar surface area (TPSA) is 77.5 Å². The molecule has 0 aromatic carbocycles. The highest BCUT2D eigenvalue weighted by Gasteiger charge is 2.93. The van der Waals surface area contributed by atoms with Crippen LogP contribution >= 0.6 is 0 Å². The van der Waals surface area contributed by atoms with Crippen molar-refractivity contribution >= 4 is 5.78 Å². The van der Waals surface area contributed by atoms with Gasteiger partial charge in [-0.15, -0.1) is 0 Å². The Morgan fingerprint density at radius 3 is 2.52 bits per heavy atom. The van der Waals surface area contributed by atoms with Gasteiger partial charge in [-0.05, 0) is 32.2 Å². The van der Waals surface area contributed by atoms with E-state index in [9.17, 15) is 9.90 Å². The first-order valence-electron chi connectivity index (χ1n) is 12.0. The van der Waals surface area contributed by atoms with Gasteiger partial charge in [-0.1, -0.05) is 6.92 Å². The molecule has 7 heteroatoms. The zero-order valence-corrected chi connectivity index (χ0v) is 19.4. The number of likely N-dealkylation sites (tertiary alicyclic amines) is 1. The maximum atomic E-state index is 14.4. The van der Waals surface area contributed by atoms with Crippen LogP contribution in [-0.4, -0.2) is 92.9 Å². The van der Waals surface area contributed by atoms with Gasteiger partial charge in [0.1, 0.15) is 6.10 Å². The summed E-state index contributed by atoms with van der Waals surface area (Å²) in [6, 6.07) is 0.122.